The Hall–Kier alpha value is -2.66. The molecule has 0 unspecified atom stereocenters. The van der Waals surface area contributed by atoms with E-state index in [0.29, 0.717) is 22.2 Å². The molecule has 1 saturated heterocycles. The minimum atomic E-state index is -0.532. The second-order valence-electron chi connectivity index (χ2n) is 7.54. The van der Waals surface area contributed by atoms with Gasteiger partial charge in [0.2, 0.25) is 11.8 Å². The van der Waals surface area contributed by atoms with E-state index in [-0.39, 0.29) is 29.4 Å². The molecule has 1 heterocycles. The van der Waals surface area contributed by atoms with Crippen molar-refractivity contribution >= 4 is 35.1 Å². The summed E-state index contributed by atoms with van der Waals surface area (Å²) in [5.41, 5.74) is 0.807. The molecule has 28 heavy (non-hydrogen) atoms. The molecule has 4 rings (SSSR count). The number of hydrogen-bond acceptors (Lipinski definition) is 4. The van der Waals surface area contributed by atoms with E-state index in [1.807, 2.05) is 0 Å². The SMILES string of the molecule is C[C@@H]1CC[C@H]2C(=O)N(c3cccc(OC(=O)c4ccc(Cl)cc4)c3)C(=O)[C@H]2C1. The van der Waals surface area contributed by atoms with E-state index in [0.717, 1.165) is 19.3 Å². The molecule has 1 aliphatic heterocycles. The summed E-state index contributed by atoms with van der Waals surface area (Å²) in [6.07, 6.45) is 2.46. The van der Waals surface area contributed by atoms with Gasteiger partial charge < -0.3 is 4.74 Å². The second kappa shape index (κ2) is 7.40. The molecule has 144 valence electrons. The molecule has 0 N–H and O–H groups in total. The summed E-state index contributed by atoms with van der Waals surface area (Å²) in [6.45, 7) is 2.12. The lowest BCUT2D eigenvalue weighted by Crippen LogP contribution is -2.30. The molecule has 2 aromatic carbocycles. The van der Waals surface area contributed by atoms with Crippen LogP contribution < -0.4 is 9.64 Å². The standard InChI is InChI=1S/C22H20ClNO4/c1-13-5-10-18-19(11-13)21(26)24(20(18)25)16-3-2-4-17(12-16)28-22(27)14-6-8-15(23)9-7-14/h2-4,6-9,12-13,18-19H,5,10-11H2,1H3/t13-,18-,19+/m1/s1. The second-order valence-corrected chi connectivity index (χ2v) is 7.97. The van der Waals surface area contributed by atoms with Gasteiger partial charge in [0.25, 0.3) is 0 Å². The fourth-order valence-electron chi connectivity index (χ4n) is 4.08. The fourth-order valence-corrected chi connectivity index (χ4v) is 4.21. The number of fused-ring (bicyclic) bond motifs is 1. The number of anilines is 1. The first-order valence-electron chi connectivity index (χ1n) is 9.39. The molecule has 0 bridgehead atoms. The van der Waals surface area contributed by atoms with Gasteiger partial charge in [0.15, 0.2) is 0 Å². The average Bonchev–Trinajstić information content (AvgIpc) is 2.92. The van der Waals surface area contributed by atoms with Crippen molar-refractivity contribution < 1.29 is 19.1 Å². The summed E-state index contributed by atoms with van der Waals surface area (Å²) in [4.78, 5) is 39.3. The lowest BCUT2D eigenvalue weighted by molar-refractivity contribution is -0.122. The van der Waals surface area contributed by atoms with Gasteiger partial charge in [-0.25, -0.2) is 9.69 Å². The number of halogens is 1. The predicted molar refractivity (Wildman–Crippen MR) is 105 cm³/mol. The highest BCUT2D eigenvalue weighted by atomic mass is 35.5. The lowest BCUT2D eigenvalue weighted by atomic mass is 9.76. The first kappa shape index (κ1) is 18.7. The van der Waals surface area contributed by atoms with Gasteiger partial charge in [-0.2, -0.15) is 0 Å². The van der Waals surface area contributed by atoms with Crippen molar-refractivity contribution in [2.45, 2.75) is 26.2 Å². The number of esters is 1. The van der Waals surface area contributed by atoms with Crippen molar-refractivity contribution in [1.29, 1.82) is 0 Å². The van der Waals surface area contributed by atoms with E-state index in [1.165, 1.54) is 4.90 Å². The highest BCUT2D eigenvalue weighted by Crippen LogP contribution is 2.42. The third kappa shape index (κ3) is 3.42. The van der Waals surface area contributed by atoms with Gasteiger partial charge in [-0.1, -0.05) is 24.6 Å². The predicted octanol–water partition coefficient (Wildman–Crippen LogP) is 4.48. The maximum absolute atomic E-state index is 12.9. The zero-order valence-corrected chi connectivity index (χ0v) is 16.2. The summed E-state index contributed by atoms with van der Waals surface area (Å²) < 4.78 is 5.42. The van der Waals surface area contributed by atoms with Crippen molar-refractivity contribution in [2.24, 2.45) is 17.8 Å². The van der Waals surface area contributed by atoms with Crippen molar-refractivity contribution in [3.63, 3.8) is 0 Å². The molecule has 2 amide bonds. The van der Waals surface area contributed by atoms with Gasteiger partial charge in [-0.3, -0.25) is 9.59 Å². The van der Waals surface area contributed by atoms with E-state index < -0.39 is 5.97 Å². The van der Waals surface area contributed by atoms with Crippen molar-refractivity contribution in [1.82, 2.24) is 0 Å². The van der Waals surface area contributed by atoms with E-state index in [2.05, 4.69) is 6.92 Å². The number of imide groups is 1. The number of ether oxygens (including phenoxy) is 1. The van der Waals surface area contributed by atoms with Gasteiger partial charge in [-0.15, -0.1) is 0 Å². The maximum Gasteiger partial charge on any atom is 0.343 e. The molecule has 5 nitrogen and oxygen atoms in total. The van der Waals surface area contributed by atoms with Crippen LogP contribution >= 0.6 is 11.6 Å². The Kier molecular flexibility index (Phi) is 4.94. The normalized spacial score (nSPS) is 24.2. The molecule has 2 aliphatic rings. The summed E-state index contributed by atoms with van der Waals surface area (Å²) in [5.74, 6) is -0.576. The van der Waals surface area contributed by atoms with E-state index in [1.54, 1.807) is 48.5 Å². The average molecular weight is 398 g/mol. The van der Waals surface area contributed by atoms with Gasteiger partial charge in [0, 0.05) is 11.1 Å². The minimum absolute atomic E-state index is 0.150. The van der Waals surface area contributed by atoms with Crippen LogP contribution in [0.3, 0.4) is 0 Å². The third-order valence-corrected chi connectivity index (χ3v) is 5.81. The highest BCUT2D eigenvalue weighted by molar-refractivity contribution is 6.30. The Labute approximate surface area is 168 Å². The summed E-state index contributed by atoms with van der Waals surface area (Å²) in [6, 6.07) is 12.9. The number of carbonyl (C=O) groups excluding carboxylic acids is 3. The van der Waals surface area contributed by atoms with Crippen LogP contribution in [0, 0.1) is 17.8 Å². The molecule has 1 aliphatic carbocycles. The highest BCUT2D eigenvalue weighted by Gasteiger charge is 2.50. The molecule has 2 aromatic rings. The molecule has 6 heteroatoms. The Morgan fingerprint density at radius 2 is 1.75 bits per heavy atom. The van der Waals surface area contributed by atoms with Crippen LogP contribution in [-0.4, -0.2) is 17.8 Å². The lowest BCUT2D eigenvalue weighted by Gasteiger charge is -2.25. The number of carbonyl (C=O) groups is 3. The molecule has 0 radical (unpaired) electrons. The van der Waals surface area contributed by atoms with Gasteiger partial charge in [-0.05, 0) is 61.6 Å². The molecular formula is C22H20ClNO4. The van der Waals surface area contributed by atoms with Crippen LogP contribution in [0.5, 0.6) is 5.75 Å². The van der Waals surface area contributed by atoms with Crippen molar-refractivity contribution in [3.05, 3.63) is 59.1 Å². The number of nitrogens with zero attached hydrogens (tertiary/aromatic N) is 1. The van der Waals surface area contributed by atoms with Crippen LogP contribution in [0.1, 0.15) is 36.5 Å². The van der Waals surface area contributed by atoms with E-state index in [4.69, 9.17) is 16.3 Å². The van der Waals surface area contributed by atoms with Crippen LogP contribution in [0.4, 0.5) is 5.69 Å². The molecule has 0 aromatic heterocycles. The van der Waals surface area contributed by atoms with Crippen molar-refractivity contribution in [3.8, 4) is 5.75 Å². The van der Waals surface area contributed by atoms with Crippen LogP contribution in [0.25, 0.3) is 0 Å². The van der Waals surface area contributed by atoms with Gasteiger partial charge in [0.1, 0.15) is 5.75 Å². The number of hydrogen-bond donors (Lipinski definition) is 0. The zero-order valence-electron chi connectivity index (χ0n) is 15.4. The molecule has 0 spiro atoms. The van der Waals surface area contributed by atoms with Crippen LogP contribution in [0.15, 0.2) is 48.5 Å². The largest absolute Gasteiger partial charge is 0.423 e. The Morgan fingerprint density at radius 3 is 2.50 bits per heavy atom. The monoisotopic (exact) mass is 397 g/mol. The minimum Gasteiger partial charge on any atom is -0.423 e. The molecule has 2 fully saturated rings. The topological polar surface area (TPSA) is 63.7 Å². The van der Waals surface area contributed by atoms with Crippen LogP contribution in [-0.2, 0) is 9.59 Å². The maximum atomic E-state index is 12.9. The Bertz CT molecular complexity index is 940. The first-order chi connectivity index (χ1) is 13.4. The zero-order chi connectivity index (χ0) is 19.8. The summed E-state index contributed by atoms with van der Waals surface area (Å²) in [5, 5.41) is 0.528. The fraction of sp³-hybridized carbons (Fsp3) is 0.318. The quantitative estimate of drug-likeness (QED) is 0.435. The molecular weight excluding hydrogens is 378 g/mol. The molecule has 3 atom stereocenters. The van der Waals surface area contributed by atoms with Gasteiger partial charge >= 0.3 is 5.97 Å². The van der Waals surface area contributed by atoms with E-state index >= 15 is 0 Å². The van der Waals surface area contributed by atoms with Gasteiger partial charge in [0.05, 0.1) is 23.1 Å². The number of amides is 2. The number of rotatable bonds is 3. The molecule has 1 saturated carbocycles. The first-order valence-corrected chi connectivity index (χ1v) is 9.77. The summed E-state index contributed by atoms with van der Waals surface area (Å²) in [7, 11) is 0. The number of benzene rings is 2. The van der Waals surface area contributed by atoms with E-state index in [9.17, 15) is 14.4 Å². The summed E-state index contributed by atoms with van der Waals surface area (Å²) >= 11 is 5.84. The third-order valence-electron chi connectivity index (χ3n) is 5.55. The Morgan fingerprint density at radius 1 is 1.04 bits per heavy atom. The smallest absolute Gasteiger partial charge is 0.343 e. The van der Waals surface area contributed by atoms with Crippen molar-refractivity contribution in [2.75, 3.05) is 4.90 Å². The van der Waals surface area contributed by atoms with Crippen LogP contribution in [0.2, 0.25) is 5.02 Å². The Balaban J connectivity index is 1.55.